The van der Waals surface area contributed by atoms with E-state index in [9.17, 15) is 9.90 Å². The monoisotopic (exact) mass is 314 g/mol. The normalized spacial score (nSPS) is 26.0. The molecule has 2 aromatic rings. The number of fused-ring (bicyclic) bond motifs is 1. The molecule has 0 aromatic carbocycles. The number of carbonyl (C=O) groups is 1. The number of hydrogen-bond donors (Lipinski definition) is 2. The predicted octanol–water partition coefficient (Wildman–Crippen LogP) is 1.23. The van der Waals surface area contributed by atoms with E-state index in [-0.39, 0.29) is 18.1 Å². The average molecular weight is 314 g/mol. The maximum atomic E-state index is 12.8. The van der Waals surface area contributed by atoms with E-state index < -0.39 is 0 Å². The number of pyridine rings is 1. The van der Waals surface area contributed by atoms with Gasteiger partial charge < -0.3 is 15.0 Å². The van der Waals surface area contributed by atoms with Crippen LogP contribution in [0.3, 0.4) is 0 Å². The third-order valence-electron chi connectivity index (χ3n) is 5.20. The van der Waals surface area contributed by atoms with Crippen LogP contribution in [0.1, 0.15) is 29.6 Å². The molecule has 122 valence electrons. The first-order valence-electron chi connectivity index (χ1n) is 8.37. The first-order chi connectivity index (χ1) is 11.2. The van der Waals surface area contributed by atoms with Gasteiger partial charge in [0.25, 0.3) is 5.91 Å². The van der Waals surface area contributed by atoms with Gasteiger partial charge >= 0.3 is 0 Å². The fraction of sp³-hybridized carbons (Fsp3) is 0.529. The summed E-state index contributed by atoms with van der Waals surface area (Å²) >= 11 is 0. The molecular weight excluding hydrogens is 292 g/mol. The minimum Gasteiger partial charge on any atom is -0.391 e. The summed E-state index contributed by atoms with van der Waals surface area (Å²) in [4.78, 5) is 24.3. The SMILES string of the molecule is O=C(c1c[nH]c2ncccc12)N1CCN(C2CCCC2O)CC1. The van der Waals surface area contributed by atoms with Crippen LogP contribution in [0.25, 0.3) is 11.0 Å². The summed E-state index contributed by atoms with van der Waals surface area (Å²) in [5.74, 6) is 0.0656. The summed E-state index contributed by atoms with van der Waals surface area (Å²) in [6.45, 7) is 3.12. The van der Waals surface area contributed by atoms with Crippen LogP contribution >= 0.6 is 0 Å². The van der Waals surface area contributed by atoms with Crippen molar-refractivity contribution in [2.24, 2.45) is 0 Å². The molecule has 6 nitrogen and oxygen atoms in total. The van der Waals surface area contributed by atoms with Gasteiger partial charge in [-0.25, -0.2) is 4.98 Å². The van der Waals surface area contributed by atoms with E-state index in [0.717, 1.165) is 56.5 Å². The number of rotatable bonds is 2. The van der Waals surface area contributed by atoms with Crippen molar-refractivity contribution in [1.29, 1.82) is 0 Å². The van der Waals surface area contributed by atoms with Gasteiger partial charge in [0, 0.05) is 50.0 Å². The maximum absolute atomic E-state index is 12.8. The van der Waals surface area contributed by atoms with Crippen LogP contribution in [0.5, 0.6) is 0 Å². The van der Waals surface area contributed by atoms with Crippen LogP contribution in [0.4, 0.5) is 0 Å². The number of carbonyl (C=O) groups excluding carboxylic acids is 1. The largest absolute Gasteiger partial charge is 0.391 e. The molecule has 4 rings (SSSR count). The minimum absolute atomic E-state index is 0.0656. The Hall–Kier alpha value is -1.92. The third-order valence-corrected chi connectivity index (χ3v) is 5.20. The van der Waals surface area contributed by atoms with E-state index in [2.05, 4.69) is 14.9 Å². The summed E-state index contributed by atoms with van der Waals surface area (Å²) in [5.41, 5.74) is 1.45. The van der Waals surface area contributed by atoms with E-state index in [1.165, 1.54) is 0 Å². The van der Waals surface area contributed by atoms with Crippen molar-refractivity contribution < 1.29 is 9.90 Å². The smallest absolute Gasteiger partial charge is 0.256 e. The number of aliphatic hydroxyl groups is 1. The Bertz CT molecular complexity index is 705. The van der Waals surface area contributed by atoms with Gasteiger partial charge in [0.15, 0.2) is 0 Å². The van der Waals surface area contributed by atoms with Crippen molar-refractivity contribution in [2.75, 3.05) is 26.2 Å². The van der Waals surface area contributed by atoms with Gasteiger partial charge in [0.2, 0.25) is 0 Å². The van der Waals surface area contributed by atoms with Crippen molar-refractivity contribution in [2.45, 2.75) is 31.4 Å². The second-order valence-electron chi connectivity index (χ2n) is 6.50. The molecular formula is C17H22N4O2. The Labute approximate surface area is 135 Å². The number of amides is 1. The molecule has 2 N–H and O–H groups in total. The van der Waals surface area contributed by atoms with Crippen LogP contribution in [0.2, 0.25) is 0 Å². The van der Waals surface area contributed by atoms with Gasteiger partial charge in [-0.15, -0.1) is 0 Å². The summed E-state index contributed by atoms with van der Waals surface area (Å²) in [5, 5.41) is 10.9. The van der Waals surface area contributed by atoms with Gasteiger partial charge in [-0.2, -0.15) is 0 Å². The molecule has 0 radical (unpaired) electrons. The van der Waals surface area contributed by atoms with Crippen LogP contribution < -0.4 is 0 Å². The van der Waals surface area contributed by atoms with Crippen LogP contribution in [0.15, 0.2) is 24.5 Å². The molecule has 23 heavy (non-hydrogen) atoms. The van der Waals surface area contributed by atoms with Crippen LogP contribution in [-0.2, 0) is 0 Å². The molecule has 1 saturated carbocycles. The van der Waals surface area contributed by atoms with E-state index in [1.54, 1.807) is 12.4 Å². The van der Waals surface area contributed by atoms with Crippen molar-refractivity contribution >= 4 is 16.9 Å². The Morgan fingerprint density at radius 1 is 1.26 bits per heavy atom. The lowest BCUT2D eigenvalue weighted by molar-refractivity contribution is 0.0316. The van der Waals surface area contributed by atoms with Crippen molar-refractivity contribution in [3.63, 3.8) is 0 Å². The molecule has 2 unspecified atom stereocenters. The number of piperazine rings is 1. The van der Waals surface area contributed by atoms with E-state index in [1.807, 2.05) is 17.0 Å². The lowest BCUT2D eigenvalue weighted by Gasteiger charge is -2.39. The van der Waals surface area contributed by atoms with Gasteiger partial charge in [-0.3, -0.25) is 9.69 Å². The van der Waals surface area contributed by atoms with Gasteiger partial charge in [-0.05, 0) is 31.4 Å². The fourth-order valence-corrected chi connectivity index (χ4v) is 3.91. The quantitative estimate of drug-likeness (QED) is 0.874. The number of hydrogen-bond acceptors (Lipinski definition) is 4. The van der Waals surface area contributed by atoms with Gasteiger partial charge in [-0.1, -0.05) is 0 Å². The number of aliphatic hydroxyl groups excluding tert-OH is 1. The molecule has 2 fully saturated rings. The number of H-pyrrole nitrogens is 1. The highest BCUT2D eigenvalue weighted by molar-refractivity contribution is 6.05. The van der Waals surface area contributed by atoms with Crippen LogP contribution in [-0.4, -0.2) is 69.1 Å². The van der Waals surface area contributed by atoms with Gasteiger partial charge in [0.1, 0.15) is 5.65 Å². The number of aromatic amines is 1. The molecule has 0 spiro atoms. The summed E-state index contributed by atoms with van der Waals surface area (Å²) in [6, 6.07) is 4.06. The fourth-order valence-electron chi connectivity index (χ4n) is 3.91. The Morgan fingerprint density at radius 2 is 2.09 bits per heavy atom. The zero-order valence-corrected chi connectivity index (χ0v) is 13.1. The molecule has 3 heterocycles. The molecule has 6 heteroatoms. The Kier molecular flexibility index (Phi) is 3.79. The molecule has 1 amide bonds. The van der Waals surface area contributed by atoms with E-state index in [4.69, 9.17) is 0 Å². The standard InChI is InChI=1S/C17H22N4O2/c22-15-5-1-4-14(15)20-7-9-21(10-8-20)17(23)13-11-19-16-12(13)3-2-6-18-16/h2-3,6,11,14-15,22H,1,4-5,7-10H2,(H,18,19). The highest BCUT2D eigenvalue weighted by atomic mass is 16.3. The highest BCUT2D eigenvalue weighted by Gasteiger charge is 2.33. The second kappa shape index (κ2) is 5.94. The number of aromatic nitrogens is 2. The second-order valence-corrected chi connectivity index (χ2v) is 6.50. The topological polar surface area (TPSA) is 72.5 Å². The lowest BCUT2D eigenvalue weighted by atomic mass is 10.1. The van der Waals surface area contributed by atoms with Crippen LogP contribution in [0, 0.1) is 0 Å². The van der Waals surface area contributed by atoms with Crippen molar-refractivity contribution in [3.05, 3.63) is 30.1 Å². The van der Waals surface area contributed by atoms with Crippen molar-refractivity contribution in [1.82, 2.24) is 19.8 Å². The van der Waals surface area contributed by atoms with E-state index in [0.29, 0.717) is 5.56 Å². The first-order valence-corrected chi connectivity index (χ1v) is 8.37. The molecule has 1 aliphatic heterocycles. The average Bonchev–Trinajstić information content (AvgIpc) is 3.20. The number of nitrogens with one attached hydrogen (secondary N) is 1. The summed E-state index contributed by atoms with van der Waals surface area (Å²) in [6.07, 6.45) is 6.37. The molecule has 1 aliphatic carbocycles. The number of nitrogens with zero attached hydrogens (tertiary/aromatic N) is 3. The van der Waals surface area contributed by atoms with Crippen molar-refractivity contribution in [3.8, 4) is 0 Å². The maximum Gasteiger partial charge on any atom is 0.256 e. The predicted molar refractivity (Wildman–Crippen MR) is 87.2 cm³/mol. The van der Waals surface area contributed by atoms with Gasteiger partial charge in [0.05, 0.1) is 11.7 Å². The molecule has 2 aromatic heterocycles. The molecule has 0 bridgehead atoms. The molecule has 2 aliphatic rings. The Morgan fingerprint density at radius 3 is 2.83 bits per heavy atom. The molecule has 2 atom stereocenters. The zero-order valence-electron chi connectivity index (χ0n) is 13.1. The Balaban J connectivity index is 1.45. The summed E-state index contributed by atoms with van der Waals surface area (Å²) < 4.78 is 0. The zero-order chi connectivity index (χ0) is 15.8. The highest BCUT2D eigenvalue weighted by Crippen LogP contribution is 2.25. The molecule has 1 saturated heterocycles. The lowest BCUT2D eigenvalue weighted by Crippen LogP contribution is -2.53. The van der Waals surface area contributed by atoms with E-state index >= 15 is 0 Å². The third kappa shape index (κ3) is 2.62. The minimum atomic E-state index is -0.197. The summed E-state index contributed by atoms with van der Waals surface area (Å²) in [7, 11) is 0. The first kappa shape index (κ1) is 14.7.